The molecule has 1 fully saturated rings. The van der Waals surface area contributed by atoms with E-state index in [1.54, 1.807) is 0 Å². The number of rotatable bonds is 4. The molecule has 5 atom stereocenters. The lowest BCUT2D eigenvalue weighted by atomic mass is 9.77. The normalized spacial score (nSPS) is 34.4. The van der Waals surface area contributed by atoms with E-state index >= 15 is 0 Å². The summed E-state index contributed by atoms with van der Waals surface area (Å²) in [5.74, 6) is 5.60. The molecule has 0 amide bonds. The molecular weight excluding hydrogens is 156 g/mol. The molecular formula is C13H26. The third-order valence-corrected chi connectivity index (χ3v) is 4.56. The van der Waals surface area contributed by atoms with E-state index in [9.17, 15) is 0 Å². The quantitative estimate of drug-likeness (QED) is 0.611. The van der Waals surface area contributed by atoms with Gasteiger partial charge in [-0.05, 0) is 41.9 Å². The fraction of sp³-hybridized carbons (Fsp3) is 1.00. The summed E-state index contributed by atoms with van der Waals surface area (Å²) in [4.78, 5) is 0. The molecule has 1 rings (SSSR count). The highest BCUT2D eigenvalue weighted by Crippen LogP contribution is 2.48. The topological polar surface area (TPSA) is 0 Å². The van der Waals surface area contributed by atoms with Gasteiger partial charge in [0.1, 0.15) is 0 Å². The molecule has 0 spiro atoms. The first-order valence-corrected chi connectivity index (χ1v) is 5.95. The highest BCUT2D eigenvalue weighted by atomic mass is 14.5. The van der Waals surface area contributed by atoms with E-state index in [0.717, 1.165) is 35.5 Å². The Labute approximate surface area is 84.1 Å². The molecule has 1 aliphatic rings. The molecule has 0 heteroatoms. The summed E-state index contributed by atoms with van der Waals surface area (Å²) >= 11 is 0. The zero-order valence-electron chi connectivity index (χ0n) is 10.2. The Balaban J connectivity index is 2.42. The van der Waals surface area contributed by atoms with Gasteiger partial charge in [-0.2, -0.15) is 0 Å². The van der Waals surface area contributed by atoms with Gasteiger partial charge in [-0.15, -0.1) is 0 Å². The third-order valence-electron chi connectivity index (χ3n) is 4.56. The van der Waals surface area contributed by atoms with Crippen LogP contribution in [0.5, 0.6) is 0 Å². The second-order valence-electron chi connectivity index (χ2n) is 5.70. The molecule has 0 heterocycles. The van der Waals surface area contributed by atoms with Crippen molar-refractivity contribution in [3.63, 3.8) is 0 Å². The zero-order valence-corrected chi connectivity index (χ0v) is 10.2. The molecule has 78 valence electrons. The molecule has 0 N–H and O–H groups in total. The molecule has 1 saturated carbocycles. The van der Waals surface area contributed by atoms with Gasteiger partial charge in [0.15, 0.2) is 0 Å². The minimum Gasteiger partial charge on any atom is -0.0625 e. The molecule has 1 aliphatic carbocycles. The molecule has 5 unspecified atom stereocenters. The van der Waals surface area contributed by atoms with Crippen molar-refractivity contribution in [1.82, 2.24) is 0 Å². The van der Waals surface area contributed by atoms with Gasteiger partial charge in [-0.1, -0.05) is 41.5 Å². The van der Waals surface area contributed by atoms with Gasteiger partial charge in [0.2, 0.25) is 0 Å². The van der Waals surface area contributed by atoms with Crippen LogP contribution in [-0.4, -0.2) is 0 Å². The summed E-state index contributed by atoms with van der Waals surface area (Å²) in [5.41, 5.74) is 0. The van der Waals surface area contributed by atoms with Gasteiger partial charge < -0.3 is 0 Å². The summed E-state index contributed by atoms with van der Waals surface area (Å²) in [5, 5.41) is 0. The maximum atomic E-state index is 2.46. The Bertz CT molecular complexity index is 159. The highest BCUT2D eigenvalue weighted by molar-refractivity contribution is 4.89. The van der Waals surface area contributed by atoms with Crippen LogP contribution < -0.4 is 0 Å². The second kappa shape index (κ2) is 4.02. The van der Waals surface area contributed by atoms with Gasteiger partial charge in [0, 0.05) is 0 Å². The second-order valence-corrected chi connectivity index (χ2v) is 5.70. The van der Waals surface area contributed by atoms with E-state index in [0.29, 0.717) is 0 Å². The Kier molecular flexibility index (Phi) is 3.43. The third kappa shape index (κ3) is 2.48. The van der Waals surface area contributed by atoms with Crippen LogP contribution in [-0.2, 0) is 0 Å². The van der Waals surface area contributed by atoms with Crippen LogP contribution in [0.4, 0.5) is 0 Å². The van der Waals surface area contributed by atoms with Crippen LogP contribution in [0.3, 0.4) is 0 Å². The van der Waals surface area contributed by atoms with Crippen LogP contribution in [0.1, 0.15) is 48.0 Å². The predicted molar refractivity (Wildman–Crippen MR) is 59.6 cm³/mol. The van der Waals surface area contributed by atoms with Crippen molar-refractivity contribution in [3.05, 3.63) is 0 Å². The summed E-state index contributed by atoms with van der Waals surface area (Å²) < 4.78 is 0. The molecule has 0 aromatic rings. The minimum absolute atomic E-state index is 0.839. The molecule has 0 aromatic carbocycles. The van der Waals surface area contributed by atoms with Gasteiger partial charge in [0.25, 0.3) is 0 Å². The van der Waals surface area contributed by atoms with Gasteiger partial charge in [-0.25, -0.2) is 0 Å². The van der Waals surface area contributed by atoms with Crippen molar-refractivity contribution in [2.24, 2.45) is 35.5 Å². The van der Waals surface area contributed by atoms with Crippen molar-refractivity contribution in [3.8, 4) is 0 Å². The van der Waals surface area contributed by atoms with E-state index in [1.807, 2.05) is 0 Å². The van der Waals surface area contributed by atoms with E-state index in [-0.39, 0.29) is 0 Å². The van der Waals surface area contributed by atoms with Crippen molar-refractivity contribution >= 4 is 0 Å². The van der Waals surface area contributed by atoms with Crippen molar-refractivity contribution in [2.45, 2.75) is 48.0 Å². The fourth-order valence-electron chi connectivity index (χ4n) is 2.56. The van der Waals surface area contributed by atoms with Crippen molar-refractivity contribution in [2.75, 3.05) is 0 Å². The first kappa shape index (κ1) is 11.1. The SMILES string of the molecule is CC(C)C(C)C(C)C(C)C1CC1C. The Morgan fingerprint density at radius 1 is 0.923 bits per heavy atom. The Hall–Kier alpha value is 0. The largest absolute Gasteiger partial charge is 0.0625 e. The molecule has 0 aliphatic heterocycles. The zero-order chi connectivity index (χ0) is 10.2. The van der Waals surface area contributed by atoms with Gasteiger partial charge in [0.05, 0.1) is 0 Å². The van der Waals surface area contributed by atoms with Gasteiger partial charge in [-0.3, -0.25) is 0 Å². The molecule has 13 heavy (non-hydrogen) atoms. The van der Waals surface area contributed by atoms with Crippen LogP contribution >= 0.6 is 0 Å². The smallest absolute Gasteiger partial charge is 0.0357 e. The summed E-state index contributed by atoms with van der Waals surface area (Å²) in [7, 11) is 0. The number of hydrogen-bond donors (Lipinski definition) is 0. The highest BCUT2D eigenvalue weighted by Gasteiger charge is 2.40. The van der Waals surface area contributed by atoms with Crippen LogP contribution in [0, 0.1) is 35.5 Å². The van der Waals surface area contributed by atoms with Crippen LogP contribution in [0.25, 0.3) is 0 Å². The lowest BCUT2D eigenvalue weighted by Crippen LogP contribution is -2.22. The van der Waals surface area contributed by atoms with Crippen molar-refractivity contribution < 1.29 is 0 Å². The predicted octanol–water partition coefficient (Wildman–Crippen LogP) is 4.21. The van der Waals surface area contributed by atoms with E-state index in [2.05, 4.69) is 41.5 Å². The average molecular weight is 182 g/mol. The average Bonchev–Trinajstić information content (AvgIpc) is 2.78. The fourth-order valence-corrected chi connectivity index (χ4v) is 2.56. The minimum atomic E-state index is 0.839. The summed E-state index contributed by atoms with van der Waals surface area (Å²) in [6, 6.07) is 0. The molecule has 0 saturated heterocycles. The summed E-state index contributed by atoms with van der Waals surface area (Å²) in [6.07, 6.45) is 1.48. The standard InChI is InChI=1S/C13H26/c1-8(2)10(4)11(5)12(6)13-7-9(13)3/h8-13H,7H2,1-6H3. The van der Waals surface area contributed by atoms with Crippen LogP contribution in [0.2, 0.25) is 0 Å². The monoisotopic (exact) mass is 182 g/mol. The Morgan fingerprint density at radius 2 is 1.38 bits per heavy atom. The number of hydrogen-bond acceptors (Lipinski definition) is 0. The Morgan fingerprint density at radius 3 is 1.69 bits per heavy atom. The maximum Gasteiger partial charge on any atom is -0.0357 e. The summed E-state index contributed by atoms with van der Waals surface area (Å²) in [6.45, 7) is 14.4. The molecule has 0 radical (unpaired) electrons. The molecule has 0 nitrogen and oxygen atoms in total. The maximum absolute atomic E-state index is 2.46. The first-order chi connectivity index (χ1) is 5.95. The van der Waals surface area contributed by atoms with E-state index in [1.165, 1.54) is 6.42 Å². The van der Waals surface area contributed by atoms with E-state index in [4.69, 9.17) is 0 Å². The molecule has 0 aromatic heterocycles. The van der Waals surface area contributed by atoms with Crippen molar-refractivity contribution in [1.29, 1.82) is 0 Å². The lowest BCUT2D eigenvalue weighted by molar-refractivity contribution is 0.201. The van der Waals surface area contributed by atoms with Gasteiger partial charge >= 0.3 is 0 Å². The van der Waals surface area contributed by atoms with Crippen LogP contribution in [0.15, 0.2) is 0 Å². The van der Waals surface area contributed by atoms with E-state index < -0.39 is 0 Å². The lowest BCUT2D eigenvalue weighted by Gasteiger charge is -2.29. The first-order valence-electron chi connectivity index (χ1n) is 5.95. The molecule has 0 bridgehead atoms.